The Morgan fingerprint density at radius 1 is 1.25 bits per heavy atom. The van der Waals surface area contributed by atoms with Gasteiger partial charge < -0.3 is 5.32 Å². The van der Waals surface area contributed by atoms with E-state index in [1.54, 1.807) is 49.1 Å². The lowest BCUT2D eigenvalue weighted by Crippen LogP contribution is -2.23. The lowest BCUT2D eigenvalue weighted by molar-refractivity contribution is -0.117. The lowest BCUT2D eigenvalue weighted by Gasteiger charge is -2.04. The molecule has 2 aromatic rings. The zero-order valence-corrected chi connectivity index (χ0v) is 10.7. The molecule has 5 heteroatoms. The maximum atomic E-state index is 11.9. The number of rotatable bonds is 4. The van der Waals surface area contributed by atoms with Crippen molar-refractivity contribution in [2.75, 3.05) is 0 Å². The van der Waals surface area contributed by atoms with Gasteiger partial charge in [0.05, 0.1) is 0 Å². The van der Waals surface area contributed by atoms with E-state index in [9.17, 15) is 4.79 Å². The Hall–Kier alpha value is -3.00. The highest BCUT2D eigenvalue weighted by Gasteiger charge is 2.08. The molecular formula is C15H12N4O. The number of carbonyl (C=O) groups is 1. The first-order valence-electron chi connectivity index (χ1n) is 5.98. The molecule has 0 radical (unpaired) electrons. The summed E-state index contributed by atoms with van der Waals surface area (Å²) in [7, 11) is 0. The Kier molecular flexibility index (Phi) is 4.57. The first kappa shape index (κ1) is 13.4. The highest BCUT2D eigenvalue weighted by Crippen LogP contribution is 2.05. The standard InChI is InChI=1S/C15H12N4O/c16-9-14(8-13-2-1-5-18-10-13)15(20)19-11-12-3-6-17-7-4-12/h1-8,10H,11H2,(H,19,20)/b14-8+. The van der Waals surface area contributed by atoms with E-state index in [-0.39, 0.29) is 5.57 Å². The van der Waals surface area contributed by atoms with Crippen molar-refractivity contribution < 1.29 is 4.79 Å². The number of nitriles is 1. The second-order valence-electron chi connectivity index (χ2n) is 3.99. The molecule has 0 spiro atoms. The van der Waals surface area contributed by atoms with E-state index in [1.807, 2.05) is 6.07 Å². The van der Waals surface area contributed by atoms with Crippen LogP contribution in [0, 0.1) is 11.3 Å². The summed E-state index contributed by atoms with van der Waals surface area (Å²) in [5.41, 5.74) is 1.68. The van der Waals surface area contributed by atoms with E-state index in [4.69, 9.17) is 5.26 Å². The van der Waals surface area contributed by atoms with Crippen molar-refractivity contribution in [1.29, 1.82) is 5.26 Å². The number of hydrogen-bond acceptors (Lipinski definition) is 4. The third-order valence-electron chi connectivity index (χ3n) is 2.56. The molecule has 2 aromatic heterocycles. The minimum absolute atomic E-state index is 0.0482. The molecule has 98 valence electrons. The summed E-state index contributed by atoms with van der Waals surface area (Å²) in [6, 6.07) is 9.02. The van der Waals surface area contributed by atoms with Crippen LogP contribution in [-0.2, 0) is 11.3 Å². The van der Waals surface area contributed by atoms with Crippen LogP contribution in [0.3, 0.4) is 0 Å². The number of carbonyl (C=O) groups excluding carboxylic acids is 1. The molecular weight excluding hydrogens is 252 g/mol. The van der Waals surface area contributed by atoms with Crippen molar-refractivity contribution in [2.24, 2.45) is 0 Å². The Morgan fingerprint density at radius 3 is 2.70 bits per heavy atom. The number of aromatic nitrogens is 2. The van der Waals surface area contributed by atoms with Gasteiger partial charge in [0.2, 0.25) is 0 Å². The molecule has 0 saturated carbocycles. The molecule has 2 rings (SSSR count). The molecule has 0 unspecified atom stereocenters. The maximum absolute atomic E-state index is 11.9. The Morgan fingerprint density at radius 2 is 2.05 bits per heavy atom. The molecule has 0 aliphatic carbocycles. The zero-order chi connectivity index (χ0) is 14.2. The summed E-state index contributed by atoms with van der Waals surface area (Å²) in [6.07, 6.45) is 8.03. The Bertz CT molecular complexity index is 645. The smallest absolute Gasteiger partial charge is 0.262 e. The molecule has 0 fully saturated rings. The van der Waals surface area contributed by atoms with Crippen LogP contribution in [0.5, 0.6) is 0 Å². The van der Waals surface area contributed by atoms with Crippen molar-refractivity contribution in [3.63, 3.8) is 0 Å². The van der Waals surface area contributed by atoms with E-state index in [0.717, 1.165) is 5.56 Å². The SMILES string of the molecule is N#C/C(=C\c1cccnc1)C(=O)NCc1ccncc1. The van der Waals surface area contributed by atoms with Gasteiger partial charge in [0.25, 0.3) is 5.91 Å². The fourth-order valence-corrected chi connectivity index (χ4v) is 1.55. The minimum Gasteiger partial charge on any atom is -0.347 e. The summed E-state index contributed by atoms with van der Waals surface area (Å²) in [5, 5.41) is 11.7. The van der Waals surface area contributed by atoms with Crippen LogP contribution in [0.25, 0.3) is 6.08 Å². The van der Waals surface area contributed by atoms with E-state index in [2.05, 4.69) is 15.3 Å². The van der Waals surface area contributed by atoms with Crippen LogP contribution >= 0.6 is 0 Å². The number of amides is 1. The monoisotopic (exact) mass is 264 g/mol. The van der Waals surface area contributed by atoms with E-state index >= 15 is 0 Å². The van der Waals surface area contributed by atoms with Crippen LogP contribution in [-0.4, -0.2) is 15.9 Å². The van der Waals surface area contributed by atoms with Crippen molar-refractivity contribution in [3.05, 3.63) is 65.8 Å². The number of pyridine rings is 2. The fourth-order valence-electron chi connectivity index (χ4n) is 1.55. The number of nitrogens with zero attached hydrogens (tertiary/aromatic N) is 3. The molecule has 1 amide bonds. The molecule has 5 nitrogen and oxygen atoms in total. The van der Waals surface area contributed by atoms with Gasteiger partial charge in [0.15, 0.2) is 0 Å². The molecule has 0 aromatic carbocycles. The van der Waals surface area contributed by atoms with Gasteiger partial charge in [-0.2, -0.15) is 5.26 Å². The van der Waals surface area contributed by atoms with Gasteiger partial charge in [-0.15, -0.1) is 0 Å². The molecule has 0 aliphatic rings. The molecule has 2 heterocycles. The first-order valence-corrected chi connectivity index (χ1v) is 5.98. The number of nitrogens with one attached hydrogen (secondary N) is 1. The Balaban J connectivity index is 2.03. The molecule has 20 heavy (non-hydrogen) atoms. The van der Waals surface area contributed by atoms with Crippen molar-refractivity contribution in [1.82, 2.24) is 15.3 Å². The van der Waals surface area contributed by atoms with Gasteiger partial charge in [0.1, 0.15) is 11.6 Å². The second kappa shape index (κ2) is 6.81. The van der Waals surface area contributed by atoms with E-state index in [1.165, 1.54) is 6.08 Å². The van der Waals surface area contributed by atoms with Gasteiger partial charge in [-0.05, 0) is 35.4 Å². The molecule has 1 N–H and O–H groups in total. The van der Waals surface area contributed by atoms with Crippen LogP contribution in [0.1, 0.15) is 11.1 Å². The van der Waals surface area contributed by atoms with Gasteiger partial charge in [-0.25, -0.2) is 0 Å². The topological polar surface area (TPSA) is 78.7 Å². The molecule has 0 saturated heterocycles. The van der Waals surface area contributed by atoms with Crippen LogP contribution in [0.4, 0.5) is 0 Å². The van der Waals surface area contributed by atoms with Gasteiger partial charge in [-0.3, -0.25) is 14.8 Å². The highest BCUT2D eigenvalue weighted by atomic mass is 16.1. The van der Waals surface area contributed by atoms with Gasteiger partial charge in [-0.1, -0.05) is 6.07 Å². The van der Waals surface area contributed by atoms with Gasteiger partial charge >= 0.3 is 0 Å². The molecule has 0 bridgehead atoms. The average molecular weight is 264 g/mol. The lowest BCUT2D eigenvalue weighted by atomic mass is 10.1. The minimum atomic E-state index is -0.409. The Labute approximate surface area is 116 Å². The first-order chi connectivity index (χ1) is 9.79. The average Bonchev–Trinajstić information content (AvgIpc) is 2.52. The largest absolute Gasteiger partial charge is 0.347 e. The number of hydrogen-bond donors (Lipinski definition) is 1. The maximum Gasteiger partial charge on any atom is 0.262 e. The summed E-state index contributed by atoms with van der Waals surface area (Å²) < 4.78 is 0. The predicted molar refractivity (Wildman–Crippen MR) is 73.9 cm³/mol. The highest BCUT2D eigenvalue weighted by molar-refractivity contribution is 6.01. The van der Waals surface area contributed by atoms with Gasteiger partial charge in [0, 0.05) is 31.3 Å². The predicted octanol–water partition coefficient (Wildman–Crippen LogP) is 1.70. The third-order valence-corrected chi connectivity index (χ3v) is 2.56. The van der Waals surface area contributed by atoms with E-state index < -0.39 is 5.91 Å². The third kappa shape index (κ3) is 3.75. The van der Waals surface area contributed by atoms with Crippen LogP contribution in [0.2, 0.25) is 0 Å². The van der Waals surface area contributed by atoms with Crippen LogP contribution < -0.4 is 5.32 Å². The normalized spacial score (nSPS) is 10.7. The fraction of sp³-hybridized carbons (Fsp3) is 0.0667. The summed E-state index contributed by atoms with van der Waals surface area (Å²) in [6.45, 7) is 0.355. The quantitative estimate of drug-likeness (QED) is 0.673. The van der Waals surface area contributed by atoms with Crippen molar-refractivity contribution >= 4 is 12.0 Å². The summed E-state index contributed by atoms with van der Waals surface area (Å²) in [5.74, 6) is -0.409. The van der Waals surface area contributed by atoms with Crippen LogP contribution in [0.15, 0.2) is 54.6 Å². The zero-order valence-electron chi connectivity index (χ0n) is 10.7. The van der Waals surface area contributed by atoms with E-state index in [0.29, 0.717) is 12.1 Å². The second-order valence-corrected chi connectivity index (χ2v) is 3.99. The molecule has 0 atom stereocenters. The van der Waals surface area contributed by atoms with Crippen molar-refractivity contribution in [2.45, 2.75) is 6.54 Å². The summed E-state index contributed by atoms with van der Waals surface area (Å²) in [4.78, 5) is 19.7. The molecule has 0 aliphatic heterocycles. The summed E-state index contributed by atoms with van der Waals surface area (Å²) >= 11 is 0. The van der Waals surface area contributed by atoms with Crippen molar-refractivity contribution in [3.8, 4) is 6.07 Å².